The quantitative estimate of drug-likeness (QED) is 0.839. The number of halogens is 1. The number of carbonyl (C=O) groups excluding carboxylic acids is 2. The lowest BCUT2D eigenvalue weighted by molar-refractivity contribution is 0.0991. The zero-order valence-corrected chi connectivity index (χ0v) is 11.1. The summed E-state index contributed by atoms with van der Waals surface area (Å²) in [7, 11) is 0. The molecule has 0 spiro atoms. The zero-order chi connectivity index (χ0) is 14.1. The van der Waals surface area contributed by atoms with E-state index in [1.165, 1.54) is 18.2 Å². The van der Waals surface area contributed by atoms with E-state index in [4.69, 9.17) is 0 Å². The maximum Gasteiger partial charge on any atom is 0.200 e. The third-order valence-corrected chi connectivity index (χ3v) is 3.96. The van der Waals surface area contributed by atoms with E-state index in [1.807, 2.05) is 0 Å². The molecule has 0 amide bonds. The van der Waals surface area contributed by atoms with Crippen LogP contribution in [-0.4, -0.2) is 11.6 Å². The molecule has 0 saturated heterocycles. The Bertz CT molecular complexity index is 750. The van der Waals surface area contributed by atoms with E-state index in [0.29, 0.717) is 20.9 Å². The Balaban J connectivity index is 1.96. The molecule has 20 heavy (non-hydrogen) atoms. The molecule has 0 atom stereocenters. The van der Waals surface area contributed by atoms with E-state index in [1.54, 1.807) is 36.4 Å². The molecule has 1 aliphatic carbocycles. The fourth-order valence-electron chi connectivity index (χ4n) is 2.02. The van der Waals surface area contributed by atoms with Crippen LogP contribution < -0.4 is 0 Å². The minimum absolute atomic E-state index is 0.195. The second-order valence-corrected chi connectivity index (χ2v) is 5.42. The standard InChI is InChI=1S/C16H9FO2S/c17-10-4-3-5-11(8-10)20-15-9-14(18)12-6-1-2-7-13(12)16(15)19/h1-9H. The van der Waals surface area contributed by atoms with E-state index in [-0.39, 0.29) is 17.4 Å². The molecule has 1 aliphatic rings. The van der Waals surface area contributed by atoms with Crippen molar-refractivity contribution in [2.24, 2.45) is 0 Å². The van der Waals surface area contributed by atoms with Crippen LogP contribution in [0.1, 0.15) is 20.7 Å². The van der Waals surface area contributed by atoms with Gasteiger partial charge in [0, 0.05) is 22.1 Å². The lowest BCUT2D eigenvalue weighted by atomic mass is 9.95. The van der Waals surface area contributed by atoms with E-state index in [9.17, 15) is 14.0 Å². The zero-order valence-electron chi connectivity index (χ0n) is 10.3. The first-order valence-corrected chi connectivity index (χ1v) is 6.80. The molecular weight excluding hydrogens is 275 g/mol. The normalized spacial score (nSPS) is 13.9. The van der Waals surface area contributed by atoms with Crippen LogP contribution in [0.4, 0.5) is 4.39 Å². The number of thioether (sulfide) groups is 1. The second kappa shape index (κ2) is 5.06. The number of fused-ring (bicyclic) bond motifs is 1. The van der Waals surface area contributed by atoms with Crippen LogP contribution in [0.3, 0.4) is 0 Å². The van der Waals surface area contributed by atoms with Gasteiger partial charge in [0.25, 0.3) is 0 Å². The van der Waals surface area contributed by atoms with Crippen molar-refractivity contribution in [3.63, 3.8) is 0 Å². The van der Waals surface area contributed by atoms with Gasteiger partial charge in [0.05, 0.1) is 4.91 Å². The number of ketones is 2. The van der Waals surface area contributed by atoms with Crippen LogP contribution in [0.5, 0.6) is 0 Å². The first-order chi connectivity index (χ1) is 9.65. The topological polar surface area (TPSA) is 34.1 Å². The van der Waals surface area contributed by atoms with Gasteiger partial charge in [0.1, 0.15) is 5.82 Å². The lowest BCUT2D eigenvalue weighted by Crippen LogP contribution is -2.15. The average molecular weight is 284 g/mol. The van der Waals surface area contributed by atoms with Gasteiger partial charge in [-0.15, -0.1) is 0 Å². The third kappa shape index (κ3) is 2.30. The summed E-state index contributed by atoms with van der Waals surface area (Å²) in [5, 5.41) is 0. The van der Waals surface area contributed by atoms with Crippen LogP contribution in [0, 0.1) is 5.82 Å². The molecule has 0 fully saturated rings. The Kier molecular flexibility index (Phi) is 3.24. The summed E-state index contributed by atoms with van der Waals surface area (Å²) in [4.78, 5) is 25.2. The highest BCUT2D eigenvalue weighted by atomic mass is 32.2. The van der Waals surface area contributed by atoms with Crippen molar-refractivity contribution >= 4 is 23.3 Å². The fourth-order valence-corrected chi connectivity index (χ4v) is 2.97. The van der Waals surface area contributed by atoms with Gasteiger partial charge in [-0.25, -0.2) is 4.39 Å². The van der Waals surface area contributed by atoms with Gasteiger partial charge in [-0.05, 0) is 18.2 Å². The SMILES string of the molecule is O=C1C=C(Sc2cccc(F)c2)C(=O)c2ccccc21. The lowest BCUT2D eigenvalue weighted by Gasteiger charge is -2.14. The third-order valence-electron chi connectivity index (χ3n) is 2.95. The van der Waals surface area contributed by atoms with Crippen molar-refractivity contribution < 1.29 is 14.0 Å². The highest BCUT2D eigenvalue weighted by Gasteiger charge is 2.25. The van der Waals surface area contributed by atoms with Gasteiger partial charge in [-0.1, -0.05) is 42.1 Å². The molecule has 2 aromatic carbocycles. The summed E-state index contributed by atoms with van der Waals surface area (Å²) < 4.78 is 13.1. The van der Waals surface area contributed by atoms with Gasteiger partial charge in [0.15, 0.2) is 5.78 Å². The highest BCUT2D eigenvalue weighted by molar-refractivity contribution is 8.04. The molecule has 0 radical (unpaired) electrons. The summed E-state index contributed by atoms with van der Waals surface area (Å²) in [6.07, 6.45) is 1.32. The van der Waals surface area contributed by atoms with E-state index in [0.717, 1.165) is 11.8 Å². The van der Waals surface area contributed by atoms with Gasteiger partial charge in [0.2, 0.25) is 5.78 Å². The molecule has 0 heterocycles. The number of benzene rings is 2. The van der Waals surface area contributed by atoms with Gasteiger partial charge in [-0.2, -0.15) is 0 Å². The van der Waals surface area contributed by atoms with Crippen LogP contribution in [0.2, 0.25) is 0 Å². The van der Waals surface area contributed by atoms with Gasteiger partial charge >= 0.3 is 0 Å². The number of rotatable bonds is 2. The van der Waals surface area contributed by atoms with E-state index < -0.39 is 0 Å². The van der Waals surface area contributed by atoms with Gasteiger partial charge in [-0.3, -0.25) is 9.59 Å². The van der Waals surface area contributed by atoms with Crippen LogP contribution in [-0.2, 0) is 0 Å². The van der Waals surface area contributed by atoms with Gasteiger partial charge < -0.3 is 0 Å². The van der Waals surface area contributed by atoms with E-state index >= 15 is 0 Å². The van der Waals surface area contributed by atoms with Crippen LogP contribution in [0.15, 0.2) is 64.4 Å². The highest BCUT2D eigenvalue weighted by Crippen LogP contribution is 2.33. The Morgan fingerprint density at radius 2 is 1.65 bits per heavy atom. The molecule has 0 bridgehead atoms. The predicted octanol–water partition coefficient (Wildman–Crippen LogP) is 3.88. The monoisotopic (exact) mass is 284 g/mol. The number of carbonyl (C=O) groups is 2. The van der Waals surface area contributed by atoms with Crippen molar-refractivity contribution in [3.05, 3.63) is 76.5 Å². The Hall–Kier alpha value is -2.20. The fraction of sp³-hybridized carbons (Fsp3) is 0. The van der Waals surface area contributed by atoms with Crippen molar-refractivity contribution in [1.29, 1.82) is 0 Å². The molecule has 0 aromatic heterocycles. The maximum absolute atomic E-state index is 13.1. The van der Waals surface area contributed by atoms with E-state index in [2.05, 4.69) is 0 Å². The summed E-state index contributed by atoms with van der Waals surface area (Å²) in [5.74, 6) is -0.765. The number of hydrogen-bond donors (Lipinski definition) is 0. The molecule has 4 heteroatoms. The second-order valence-electron chi connectivity index (χ2n) is 4.31. The Labute approximate surface area is 119 Å². The van der Waals surface area contributed by atoms with Crippen molar-refractivity contribution in [2.75, 3.05) is 0 Å². The first kappa shape index (κ1) is 12.8. The Morgan fingerprint density at radius 3 is 2.40 bits per heavy atom. The molecule has 98 valence electrons. The van der Waals surface area contributed by atoms with Crippen LogP contribution in [0.25, 0.3) is 0 Å². The predicted molar refractivity (Wildman–Crippen MR) is 75.4 cm³/mol. The molecule has 2 aromatic rings. The minimum atomic E-state index is -0.370. The minimum Gasteiger partial charge on any atom is -0.289 e. The molecule has 3 rings (SSSR count). The molecule has 0 unspecified atom stereocenters. The number of allylic oxidation sites excluding steroid dienone is 2. The molecule has 2 nitrogen and oxygen atoms in total. The molecular formula is C16H9FO2S. The van der Waals surface area contributed by atoms with Crippen molar-refractivity contribution in [2.45, 2.75) is 4.90 Å². The van der Waals surface area contributed by atoms with Crippen molar-refractivity contribution in [3.8, 4) is 0 Å². The Morgan fingerprint density at radius 1 is 0.900 bits per heavy atom. The molecule has 0 N–H and O–H groups in total. The molecule has 0 aliphatic heterocycles. The smallest absolute Gasteiger partial charge is 0.200 e. The number of Topliss-reactive ketones (excluding diaryl/α,β-unsaturated/α-hetero) is 1. The summed E-state index contributed by atoms with van der Waals surface area (Å²) in [5.41, 5.74) is 0.819. The van der Waals surface area contributed by atoms with Crippen LogP contribution >= 0.6 is 11.8 Å². The maximum atomic E-state index is 13.1. The largest absolute Gasteiger partial charge is 0.289 e. The number of hydrogen-bond acceptors (Lipinski definition) is 3. The average Bonchev–Trinajstić information content (AvgIpc) is 2.45. The summed E-state index contributed by atoms with van der Waals surface area (Å²) in [6.45, 7) is 0. The molecule has 0 saturated carbocycles. The van der Waals surface area contributed by atoms with Crippen molar-refractivity contribution in [1.82, 2.24) is 0 Å². The summed E-state index contributed by atoms with van der Waals surface area (Å²) >= 11 is 1.10. The summed E-state index contributed by atoms with van der Waals surface area (Å²) in [6, 6.07) is 12.7. The first-order valence-electron chi connectivity index (χ1n) is 5.98.